The zero-order chi connectivity index (χ0) is 26.3. The van der Waals surface area contributed by atoms with Crippen LogP contribution in [0.1, 0.15) is 31.6 Å². The second-order valence-corrected chi connectivity index (χ2v) is 10.3. The number of morpholine rings is 1. The van der Waals surface area contributed by atoms with Crippen molar-refractivity contribution in [3.63, 3.8) is 0 Å². The number of nitrogens with zero attached hydrogens (tertiary/aromatic N) is 8. The van der Waals surface area contributed by atoms with Gasteiger partial charge in [0, 0.05) is 62.2 Å². The van der Waals surface area contributed by atoms with E-state index in [0.29, 0.717) is 50.3 Å². The molecule has 202 valence electrons. The number of aryl methyl sites for hydroxylation is 1. The first-order chi connectivity index (χ1) is 19.2. The van der Waals surface area contributed by atoms with Crippen LogP contribution in [0.15, 0.2) is 42.9 Å². The Morgan fingerprint density at radius 1 is 1.05 bits per heavy atom. The lowest BCUT2D eigenvalue weighted by Crippen LogP contribution is -2.37. The molecule has 0 radical (unpaired) electrons. The van der Waals surface area contributed by atoms with Crippen molar-refractivity contribution in [1.29, 1.82) is 0 Å². The molecule has 0 bridgehead atoms. The Morgan fingerprint density at radius 2 is 1.90 bits per heavy atom. The van der Waals surface area contributed by atoms with Gasteiger partial charge in [-0.3, -0.25) is 9.58 Å². The zero-order valence-electron chi connectivity index (χ0n) is 22.1. The maximum Gasteiger partial charge on any atom is 0.167 e. The molecule has 0 saturated carbocycles. The van der Waals surface area contributed by atoms with Crippen molar-refractivity contribution in [2.75, 3.05) is 44.3 Å². The van der Waals surface area contributed by atoms with Crippen LogP contribution in [0, 0.1) is 5.82 Å². The van der Waals surface area contributed by atoms with Crippen LogP contribution in [0.3, 0.4) is 0 Å². The minimum atomic E-state index is -0.336. The molecule has 0 aliphatic carbocycles. The molecule has 10 nitrogen and oxygen atoms in total. The van der Waals surface area contributed by atoms with Crippen molar-refractivity contribution < 1.29 is 9.13 Å². The van der Waals surface area contributed by atoms with E-state index in [1.54, 1.807) is 6.07 Å². The van der Waals surface area contributed by atoms with E-state index in [1.807, 2.05) is 24.5 Å². The van der Waals surface area contributed by atoms with Crippen LogP contribution < -0.4 is 4.90 Å². The molecule has 1 aromatic carbocycles. The van der Waals surface area contributed by atoms with Gasteiger partial charge in [0.15, 0.2) is 22.8 Å². The summed E-state index contributed by atoms with van der Waals surface area (Å²) in [6, 6.07) is 7.53. The Balaban J connectivity index is 1.29. The minimum absolute atomic E-state index is 0.336. The van der Waals surface area contributed by atoms with Crippen molar-refractivity contribution in [2.24, 2.45) is 0 Å². The van der Waals surface area contributed by atoms with Gasteiger partial charge in [-0.1, -0.05) is 0 Å². The Bertz CT molecular complexity index is 1590. The Labute approximate surface area is 225 Å². The fourth-order valence-corrected chi connectivity index (χ4v) is 5.96. The number of anilines is 1. The highest BCUT2D eigenvalue weighted by Crippen LogP contribution is 2.34. The van der Waals surface area contributed by atoms with Crippen molar-refractivity contribution in [2.45, 2.75) is 38.9 Å². The molecule has 7 rings (SSSR count). The lowest BCUT2D eigenvalue weighted by molar-refractivity contribution is 0.122. The molecule has 2 aliphatic heterocycles. The van der Waals surface area contributed by atoms with Crippen LogP contribution in [-0.4, -0.2) is 78.6 Å². The van der Waals surface area contributed by atoms with E-state index >= 15 is 4.39 Å². The van der Waals surface area contributed by atoms with E-state index in [0.717, 1.165) is 66.2 Å². The third kappa shape index (κ3) is 4.35. The van der Waals surface area contributed by atoms with Crippen LogP contribution in [0.4, 0.5) is 10.2 Å². The van der Waals surface area contributed by atoms with Crippen LogP contribution in [0.5, 0.6) is 0 Å². The second-order valence-electron chi connectivity index (χ2n) is 10.3. The van der Waals surface area contributed by atoms with Gasteiger partial charge in [0.05, 0.1) is 31.4 Å². The molecule has 0 atom stereocenters. The number of ether oxygens (including phenoxy) is 1. The number of nitrogens with one attached hydrogen (secondary N) is 1. The molecular formula is C28H32FN9O. The SMILES string of the molecule is CCn1c(CN2CCC(n3cccn3)CC2)nc2c(N3CCOCC3)nc(-c3c(F)ccc4[nH]ccc34)nc21. The van der Waals surface area contributed by atoms with Gasteiger partial charge >= 0.3 is 0 Å². The summed E-state index contributed by atoms with van der Waals surface area (Å²) >= 11 is 0. The van der Waals surface area contributed by atoms with E-state index in [2.05, 4.69) is 42.3 Å². The first-order valence-electron chi connectivity index (χ1n) is 13.8. The number of hydrogen-bond acceptors (Lipinski definition) is 7. The maximum atomic E-state index is 15.3. The smallest absolute Gasteiger partial charge is 0.167 e. The summed E-state index contributed by atoms with van der Waals surface area (Å²) in [6.07, 6.45) is 7.82. The molecule has 11 heteroatoms. The van der Waals surface area contributed by atoms with Crippen LogP contribution in [0.25, 0.3) is 33.5 Å². The van der Waals surface area contributed by atoms with Gasteiger partial charge < -0.3 is 19.2 Å². The summed E-state index contributed by atoms with van der Waals surface area (Å²) in [5.74, 6) is 1.76. The third-order valence-corrected chi connectivity index (χ3v) is 8.01. The highest BCUT2D eigenvalue weighted by molar-refractivity contribution is 5.95. The molecule has 2 aliphatic rings. The molecule has 5 aromatic rings. The average Bonchev–Trinajstić information content (AvgIpc) is 3.73. The standard InChI is InChI=1S/C28H32FN9O/c1-2-37-23(18-35-12-7-19(8-13-35)38-11-3-9-31-38)32-25-27(36-14-16-39-17-15-36)33-26(34-28(25)37)24-20-6-10-30-22(20)5-4-21(24)29/h3-6,9-11,19,30H,2,7-8,12-18H2,1H3. The lowest BCUT2D eigenvalue weighted by Gasteiger charge is -2.31. The van der Waals surface area contributed by atoms with E-state index in [4.69, 9.17) is 19.7 Å². The van der Waals surface area contributed by atoms with Crippen LogP contribution in [0.2, 0.25) is 0 Å². The van der Waals surface area contributed by atoms with Gasteiger partial charge in [-0.2, -0.15) is 5.10 Å². The number of likely N-dealkylation sites (tertiary alicyclic amines) is 1. The van der Waals surface area contributed by atoms with Crippen LogP contribution in [-0.2, 0) is 17.8 Å². The largest absolute Gasteiger partial charge is 0.378 e. The maximum absolute atomic E-state index is 15.3. The van der Waals surface area contributed by atoms with Crippen LogP contribution >= 0.6 is 0 Å². The second kappa shape index (κ2) is 10.0. The number of imidazole rings is 1. The molecule has 2 saturated heterocycles. The number of hydrogen-bond donors (Lipinski definition) is 1. The third-order valence-electron chi connectivity index (χ3n) is 8.01. The molecule has 39 heavy (non-hydrogen) atoms. The number of aromatic nitrogens is 7. The van der Waals surface area contributed by atoms with Gasteiger partial charge in [-0.25, -0.2) is 19.3 Å². The monoisotopic (exact) mass is 529 g/mol. The predicted molar refractivity (Wildman–Crippen MR) is 147 cm³/mol. The summed E-state index contributed by atoms with van der Waals surface area (Å²) in [7, 11) is 0. The summed E-state index contributed by atoms with van der Waals surface area (Å²) in [5.41, 5.74) is 2.78. The Hall–Kier alpha value is -3.83. The van der Waals surface area contributed by atoms with E-state index in [9.17, 15) is 0 Å². The number of H-pyrrole nitrogens is 1. The van der Waals surface area contributed by atoms with Crippen molar-refractivity contribution in [3.05, 3.63) is 54.5 Å². The summed E-state index contributed by atoms with van der Waals surface area (Å²) < 4.78 is 25.2. The number of benzene rings is 1. The molecule has 0 spiro atoms. The van der Waals surface area contributed by atoms with Crippen molar-refractivity contribution in [1.82, 2.24) is 39.2 Å². The first-order valence-corrected chi connectivity index (χ1v) is 13.8. The van der Waals surface area contributed by atoms with Gasteiger partial charge in [0.2, 0.25) is 0 Å². The topological polar surface area (TPSA) is 92.9 Å². The average molecular weight is 530 g/mol. The summed E-state index contributed by atoms with van der Waals surface area (Å²) in [5, 5.41) is 5.21. The van der Waals surface area contributed by atoms with Gasteiger partial charge in [0.1, 0.15) is 11.6 Å². The molecule has 1 N–H and O–H groups in total. The molecule has 4 aromatic heterocycles. The Morgan fingerprint density at radius 3 is 2.67 bits per heavy atom. The summed E-state index contributed by atoms with van der Waals surface area (Å²) in [4.78, 5) is 22.9. The molecule has 6 heterocycles. The highest BCUT2D eigenvalue weighted by Gasteiger charge is 2.27. The fraction of sp³-hybridized carbons (Fsp3) is 0.429. The lowest BCUT2D eigenvalue weighted by atomic mass is 10.1. The van der Waals surface area contributed by atoms with Crippen molar-refractivity contribution >= 4 is 27.9 Å². The minimum Gasteiger partial charge on any atom is -0.378 e. The van der Waals surface area contributed by atoms with Gasteiger partial charge in [0.25, 0.3) is 0 Å². The number of rotatable bonds is 6. The van der Waals surface area contributed by atoms with Gasteiger partial charge in [-0.15, -0.1) is 0 Å². The number of piperidine rings is 1. The van der Waals surface area contributed by atoms with E-state index in [-0.39, 0.29) is 5.82 Å². The molecule has 2 fully saturated rings. The Kier molecular flexibility index (Phi) is 6.24. The number of aromatic amines is 1. The molecular weight excluding hydrogens is 497 g/mol. The summed E-state index contributed by atoms with van der Waals surface area (Å²) in [6.45, 7) is 8.16. The molecule has 0 unspecified atom stereocenters. The van der Waals surface area contributed by atoms with E-state index < -0.39 is 0 Å². The first kappa shape index (κ1) is 24.2. The normalized spacial score (nSPS) is 17.5. The quantitative estimate of drug-likeness (QED) is 0.355. The zero-order valence-corrected chi connectivity index (χ0v) is 22.1. The fourth-order valence-electron chi connectivity index (χ4n) is 5.96. The number of halogens is 1. The van der Waals surface area contributed by atoms with E-state index in [1.165, 1.54) is 6.07 Å². The highest BCUT2D eigenvalue weighted by atomic mass is 19.1. The van der Waals surface area contributed by atoms with Gasteiger partial charge in [-0.05, 0) is 44.0 Å². The number of fused-ring (bicyclic) bond motifs is 2. The van der Waals surface area contributed by atoms with Crippen molar-refractivity contribution in [3.8, 4) is 11.4 Å². The predicted octanol–water partition coefficient (Wildman–Crippen LogP) is 4.00. The molecule has 0 amide bonds.